The lowest BCUT2D eigenvalue weighted by molar-refractivity contribution is -0.143. The summed E-state index contributed by atoms with van der Waals surface area (Å²) in [6, 6.07) is 4.31. The topological polar surface area (TPSA) is 50.6 Å². The zero-order valence-corrected chi connectivity index (χ0v) is 15.9. The molecule has 1 aliphatic rings. The van der Waals surface area contributed by atoms with Gasteiger partial charge in [-0.15, -0.1) is 11.3 Å². The lowest BCUT2D eigenvalue weighted by atomic mass is 10.2. The van der Waals surface area contributed by atoms with Crippen LogP contribution in [0, 0.1) is 0 Å². The predicted octanol–water partition coefficient (Wildman–Crippen LogP) is 2.57. The van der Waals surface area contributed by atoms with Crippen LogP contribution in [0.4, 0.5) is 13.2 Å². The minimum atomic E-state index is -4.46. The Balaban J connectivity index is 1.67. The van der Waals surface area contributed by atoms with E-state index >= 15 is 0 Å². The van der Waals surface area contributed by atoms with E-state index in [1.54, 1.807) is 24.1 Å². The highest BCUT2D eigenvalue weighted by molar-refractivity contribution is 7.17. The number of methoxy groups -OCH3 is 1. The summed E-state index contributed by atoms with van der Waals surface area (Å²) < 4.78 is 44.7. The minimum Gasteiger partial charge on any atom is -0.383 e. The third-order valence-corrected chi connectivity index (χ3v) is 5.61. The Bertz CT molecular complexity index is 794. The molecule has 0 bridgehead atoms. The van der Waals surface area contributed by atoms with Gasteiger partial charge in [0, 0.05) is 46.9 Å². The van der Waals surface area contributed by atoms with Crippen molar-refractivity contribution in [1.29, 1.82) is 0 Å². The molecule has 0 unspecified atom stereocenters. The van der Waals surface area contributed by atoms with Crippen molar-refractivity contribution in [2.75, 3.05) is 46.4 Å². The van der Waals surface area contributed by atoms with Gasteiger partial charge in [0.25, 0.3) is 5.91 Å². The number of thiophene rings is 1. The van der Waals surface area contributed by atoms with Crippen LogP contribution in [0.2, 0.25) is 0 Å². The number of hydrogen-bond donors (Lipinski definition) is 0. The molecular weight excluding hydrogens is 381 g/mol. The zero-order valence-electron chi connectivity index (χ0n) is 15.1. The minimum absolute atomic E-state index is 0.0929. The van der Waals surface area contributed by atoms with Crippen LogP contribution in [0.25, 0.3) is 10.6 Å². The van der Waals surface area contributed by atoms with Gasteiger partial charge in [-0.1, -0.05) is 0 Å². The van der Waals surface area contributed by atoms with Crippen LogP contribution in [-0.2, 0) is 18.0 Å². The first-order chi connectivity index (χ1) is 12.8. The largest absolute Gasteiger partial charge is 0.433 e. The molecule has 1 saturated heterocycles. The lowest BCUT2D eigenvalue weighted by Gasteiger charge is -2.34. The molecule has 3 rings (SSSR count). The van der Waals surface area contributed by atoms with Gasteiger partial charge >= 0.3 is 6.18 Å². The van der Waals surface area contributed by atoms with Crippen LogP contribution < -0.4 is 0 Å². The quantitative estimate of drug-likeness (QED) is 0.772. The average molecular weight is 402 g/mol. The number of carbonyl (C=O) groups excluding carboxylic acids is 1. The molecule has 148 valence electrons. The van der Waals surface area contributed by atoms with Crippen LogP contribution in [0.15, 0.2) is 18.2 Å². The maximum absolute atomic E-state index is 12.9. The number of piperazine rings is 1. The van der Waals surface area contributed by atoms with Crippen molar-refractivity contribution < 1.29 is 22.7 Å². The second kappa shape index (κ2) is 7.99. The van der Waals surface area contributed by atoms with Gasteiger partial charge < -0.3 is 9.64 Å². The van der Waals surface area contributed by atoms with Crippen LogP contribution in [-0.4, -0.2) is 71.9 Å². The molecule has 1 aliphatic heterocycles. The number of carbonyl (C=O) groups is 1. The molecule has 0 radical (unpaired) electrons. The molecule has 0 spiro atoms. The fourth-order valence-corrected chi connectivity index (χ4v) is 3.92. The molecule has 0 aliphatic carbocycles. The first-order valence-electron chi connectivity index (χ1n) is 8.51. The second-order valence-corrected chi connectivity index (χ2v) is 7.41. The number of halogens is 3. The monoisotopic (exact) mass is 402 g/mol. The smallest absolute Gasteiger partial charge is 0.383 e. The van der Waals surface area contributed by atoms with Gasteiger partial charge in [-0.05, 0) is 18.2 Å². The van der Waals surface area contributed by atoms with E-state index in [1.807, 2.05) is 0 Å². The van der Waals surface area contributed by atoms with Gasteiger partial charge in [0.2, 0.25) is 0 Å². The zero-order chi connectivity index (χ0) is 19.6. The third-order valence-electron chi connectivity index (χ3n) is 4.51. The van der Waals surface area contributed by atoms with Crippen LogP contribution in [0.5, 0.6) is 0 Å². The van der Waals surface area contributed by atoms with Crippen molar-refractivity contribution in [3.05, 3.63) is 28.8 Å². The summed E-state index contributed by atoms with van der Waals surface area (Å²) in [5.74, 6) is -0.0929. The van der Waals surface area contributed by atoms with Crippen molar-refractivity contribution in [2.24, 2.45) is 7.05 Å². The number of rotatable bonds is 5. The molecule has 0 saturated carbocycles. The molecule has 3 heterocycles. The molecule has 27 heavy (non-hydrogen) atoms. The Morgan fingerprint density at radius 2 is 1.96 bits per heavy atom. The molecule has 10 heteroatoms. The van der Waals surface area contributed by atoms with Gasteiger partial charge in [-0.25, -0.2) is 0 Å². The van der Waals surface area contributed by atoms with Gasteiger partial charge in [-0.2, -0.15) is 18.3 Å². The summed E-state index contributed by atoms with van der Waals surface area (Å²) in [4.78, 5) is 17.7. The first-order valence-corrected chi connectivity index (χ1v) is 9.33. The molecule has 2 aromatic heterocycles. The molecular formula is C17H21F3N4O2S. The van der Waals surface area contributed by atoms with Crippen LogP contribution in [0.3, 0.4) is 0 Å². The Morgan fingerprint density at radius 3 is 2.56 bits per heavy atom. The highest BCUT2D eigenvalue weighted by Gasteiger charge is 2.35. The predicted molar refractivity (Wildman–Crippen MR) is 95.7 cm³/mol. The fraction of sp³-hybridized carbons (Fsp3) is 0.529. The van der Waals surface area contributed by atoms with Crippen molar-refractivity contribution >= 4 is 17.2 Å². The van der Waals surface area contributed by atoms with E-state index in [2.05, 4.69) is 10.00 Å². The van der Waals surface area contributed by atoms with Gasteiger partial charge in [0.1, 0.15) is 11.4 Å². The van der Waals surface area contributed by atoms with E-state index in [9.17, 15) is 18.0 Å². The molecule has 0 N–H and O–H groups in total. The Labute approximate surface area is 159 Å². The highest BCUT2D eigenvalue weighted by atomic mass is 32.1. The summed E-state index contributed by atoms with van der Waals surface area (Å²) in [6.07, 6.45) is -4.46. The van der Waals surface area contributed by atoms with Crippen LogP contribution >= 0.6 is 11.3 Å². The number of amides is 1. The molecule has 1 fully saturated rings. The van der Waals surface area contributed by atoms with E-state index in [0.29, 0.717) is 29.5 Å². The molecule has 2 aromatic rings. The molecule has 0 atom stereocenters. The number of aryl methyl sites for hydroxylation is 1. The van der Waals surface area contributed by atoms with E-state index in [1.165, 1.54) is 18.4 Å². The fourth-order valence-electron chi connectivity index (χ4n) is 2.99. The van der Waals surface area contributed by atoms with Crippen molar-refractivity contribution in [1.82, 2.24) is 19.6 Å². The summed E-state index contributed by atoms with van der Waals surface area (Å²) in [7, 11) is 2.92. The summed E-state index contributed by atoms with van der Waals surface area (Å²) in [6.45, 7) is 4.30. The van der Waals surface area contributed by atoms with E-state index < -0.39 is 11.9 Å². The molecule has 6 nitrogen and oxygen atoms in total. The van der Waals surface area contributed by atoms with Crippen LogP contribution in [0.1, 0.15) is 15.4 Å². The molecule has 0 aromatic carbocycles. The van der Waals surface area contributed by atoms with Crippen molar-refractivity contribution in [2.45, 2.75) is 6.18 Å². The summed E-state index contributed by atoms with van der Waals surface area (Å²) in [5, 5.41) is 3.93. The van der Waals surface area contributed by atoms with E-state index in [4.69, 9.17) is 4.74 Å². The van der Waals surface area contributed by atoms with Crippen molar-refractivity contribution in [3.8, 4) is 10.6 Å². The second-order valence-electron chi connectivity index (χ2n) is 6.33. The number of ether oxygens (including phenoxy) is 1. The normalized spacial score (nSPS) is 16.1. The average Bonchev–Trinajstić information content (AvgIpc) is 3.26. The van der Waals surface area contributed by atoms with Gasteiger partial charge in [0.15, 0.2) is 0 Å². The lowest BCUT2D eigenvalue weighted by Crippen LogP contribution is -2.49. The maximum Gasteiger partial charge on any atom is 0.433 e. The molecule has 1 amide bonds. The first kappa shape index (κ1) is 19.8. The van der Waals surface area contributed by atoms with Gasteiger partial charge in [0.05, 0.1) is 16.4 Å². The standard InChI is InChI=1S/C17H21F3N4O2S/c1-22-15(17(18,19)20)11-12(21-22)13-3-4-14(27-13)16(25)24-7-5-23(6-8-24)9-10-26-2/h3-4,11H,5-10H2,1-2H3. The number of alkyl halides is 3. The van der Waals surface area contributed by atoms with E-state index in [0.717, 1.165) is 30.4 Å². The number of aromatic nitrogens is 2. The maximum atomic E-state index is 12.9. The van der Waals surface area contributed by atoms with E-state index in [-0.39, 0.29) is 11.6 Å². The Kier molecular flexibility index (Phi) is 5.87. The Morgan fingerprint density at radius 1 is 1.26 bits per heavy atom. The highest BCUT2D eigenvalue weighted by Crippen LogP contribution is 2.34. The third kappa shape index (κ3) is 4.50. The number of nitrogens with zero attached hydrogens (tertiary/aromatic N) is 4. The SMILES string of the molecule is COCCN1CCN(C(=O)c2ccc(-c3cc(C(F)(F)F)n(C)n3)s2)CC1. The van der Waals surface area contributed by atoms with Crippen molar-refractivity contribution in [3.63, 3.8) is 0 Å². The Hall–Kier alpha value is -1.91. The van der Waals surface area contributed by atoms with Gasteiger partial charge in [-0.3, -0.25) is 14.4 Å². The summed E-state index contributed by atoms with van der Waals surface area (Å²) in [5.41, 5.74) is -0.593. The summed E-state index contributed by atoms with van der Waals surface area (Å²) >= 11 is 1.17. The number of hydrogen-bond acceptors (Lipinski definition) is 5.